The number of carbonyl (C=O) groups excluding carboxylic acids is 1. The van der Waals surface area contributed by atoms with Gasteiger partial charge in [-0.25, -0.2) is 4.98 Å². The van der Waals surface area contributed by atoms with E-state index in [4.69, 9.17) is 16.6 Å². The van der Waals surface area contributed by atoms with E-state index < -0.39 is 0 Å². The van der Waals surface area contributed by atoms with Crippen LogP contribution in [0.5, 0.6) is 0 Å². The summed E-state index contributed by atoms with van der Waals surface area (Å²) in [5, 5.41) is 5.76. The average Bonchev–Trinajstić information content (AvgIpc) is 3.24. The molecule has 0 bridgehead atoms. The molecule has 3 heterocycles. The fraction of sp³-hybridized carbons (Fsp3) is 0.217. The number of rotatable bonds is 3. The molecule has 0 spiro atoms. The monoisotopic (exact) mass is 465 g/mol. The summed E-state index contributed by atoms with van der Waals surface area (Å²) in [6, 6.07) is 16.5. The highest BCUT2D eigenvalue weighted by Crippen LogP contribution is 2.26. The topological polar surface area (TPSA) is 70.8 Å². The van der Waals surface area contributed by atoms with Crippen LogP contribution in [0.2, 0.25) is 5.02 Å². The predicted octanol–water partition coefficient (Wildman–Crippen LogP) is 3.74. The molecule has 32 heavy (non-hydrogen) atoms. The highest BCUT2D eigenvalue weighted by Gasteiger charge is 2.24. The minimum atomic E-state index is -0.211. The largest absolute Gasteiger partial charge is 0.353 e. The molecule has 0 atom stereocenters. The van der Waals surface area contributed by atoms with Crippen LogP contribution in [0.1, 0.15) is 15.9 Å². The van der Waals surface area contributed by atoms with E-state index in [1.807, 2.05) is 36.1 Å². The molecular weight excluding hydrogens is 446 g/mol. The zero-order valence-corrected chi connectivity index (χ0v) is 18.9. The first-order chi connectivity index (χ1) is 15.5. The van der Waals surface area contributed by atoms with E-state index in [9.17, 15) is 9.59 Å². The molecule has 2 aromatic carbocycles. The maximum absolute atomic E-state index is 12.8. The van der Waals surface area contributed by atoms with E-state index in [-0.39, 0.29) is 11.5 Å². The number of aromatic nitrogens is 3. The van der Waals surface area contributed by atoms with Gasteiger partial charge in [-0.05, 0) is 31.2 Å². The van der Waals surface area contributed by atoms with Gasteiger partial charge in [-0.15, -0.1) is 0 Å². The van der Waals surface area contributed by atoms with Crippen molar-refractivity contribution in [1.82, 2.24) is 19.5 Å². The summed E-state index contributed by atoms with van der Waals surface area (Å²) in [6.45, 7) is 4.31. The lowest BCUT2D eigenvalue weighted by Gasteiger charge is -2.35. The van der Waals surface area contributed by atoms with Gasteiger partial charge in [-0.3, -0.25) is 9.59 Å². The van der Waals surface area contributed by atoms with E-state index >= 15 is 0 Å². The molecule has 0 N–H and O–H groups in total. The Morgan fingerprint density at radius 2 is 1.81 bits per heavy atom. The standard InChI is InChI=1S/C23H20ClN5O2S/c1-15-4-2-5-16(12-15)21-26-29-20(30)14-19(25-23(29)32-21)27-8-10-28(11-9-27)22(31)17-6-3-7-18(24)13-17/h2-7,12-14H,8-11H2,1H3. The lowest BCUT2D eigenvalue weighted by Crippen LogP contribution is -2.49. The second-order valence-corrected chi connectivity index (χ2v) is 9.11. The zero-order valence-electron chi connectivity index (χ0n) is 17.4. The second kappa shape index (κ2) is 8.37. The van der Waals surface area contributed by atoms with Crippen LogP contribution in [0.3, 0.4) is 0 Å². The Labute approximate surface area is 193 Å². The SMILES string of the molecule is Cc1cccc(-c2nn3c(=O)cc(N4CCN(C(=O)c5cccc(Cl)c5)CC4)nc3s2)c1. The summed E-state index contributed by atoms with van der Waals surface area (Å²) in [5.74, 6) is 0.574. The summed E-state index contributed by atoms with van der Waals surface area (Å²) >= 11 is 7.41. The van der Waals surface area contributed by atoms with Crippen LogP contribution in [0.4, 0.5) is 5.82 Å². The number of aryl methyl sites for hydroxylation is 1. The highest BCUT2D eigenvalue weighted by molar-refractivity contribution is 7.19. The van der Waals surface area contributed by atoms with Crippen molar-refractivity contribution in [3.63, 3.8) is 0 Å². The van der Waals surface area contributed by atoms with Gasteiger partial charge in [0.2, 0.25) is 4.96 Å². The zero-order chi connectivity index (χ0) is 22.2. The summed E-state index contributed by atoms with van der Waals surface area (Å²) in [4.78, 5) is 34.6. The highest BCUT2D eigenvalue weighted by atomic mass is 35.5. The van der Waals surface area contributed by atoms with Gasteiger partial charge in [0.05, 0.1) is 0 Å². The molecule has 1 saturated heterocycles. The fourth-order valence-corrected chi connectivity index (χ4v) is 4.89. The Kier molecular flexibility index (Phi) is 5.40. The quantitative estimate of drug-likeness (QED) is 0.461. The van der Waals surface area contributed by atoms with Crippen LogP contribution < -0.4 is 10.5 Å². The van der Waals surface area contributed by atoms with Crippen molar-refractivity contribution >= 4 is 39.6 Å². The maximum atomic E-state index is 12.8. The molecule has 1 amide bonds. The first-order valence-corrected chi connectivity index (χ1v) is 11.5. The molecule has 0 radical (unpaired) electrons. The number of halogens is 1. The van der Waals surface area contributed by atoms with Crippen molar-refractivity contribution in [2.24, 2.45) is 0 Å². The van der Waals surface area contributed by atoms with Crippen LogP contribution in [-0.4, -0.2) is 51.6 Å². The third kappa shape index (κ3) is 3.99. The van der Waals surface area contributed by atoms with E-state index in [1.165, 1.54) is 21.9 Å². The molecule has 0 unspecified atom stereocenters. The lowest BCUT2D eigenvalue weighted by atomic mass is 10.1. The Hall–Kier alpha value is -3.23. The normalized spacial score (nSPS) is 14.2. The molecule has 7 nitrogen and oxygen atoms in total. The number of benzene rings is 2. The molecule has 5 rings (SSSR count). The van der Waals surface area contributed by atoms with Gasteiger partial charge >= 0.3 is 0 Å². The van der Waals surface area contributed by atoms with Crippen molar-refractivity contribution in [2.75, 3.05) is 31.1 Å². The van der Waals surface area contributed by atoms with E-state index in [2.05, 4.69) is 5.10 Å². The van der Waals surface area contributed by atoms with E-state index in [0.717, 1.165) is 16.1 Å². The molecule has 0 aliphatic carbocycles. The number of carbonyl (C=O) groups is 1. The Morgan fingerprint density at radius 3 is 2.56 bits per heavy atom. The molecule has 1 aliphatic rings. The lowest BCUT2D eigenvalue weighted by molar-refractivity contribution is 0.0746. The van der Waals surface area contributed by atoms with Crippen LogP contribution >= 0.6 is 22.9 Å². The number of hydrogen-bond donors (Lipinski definition) is 0. The number of piperazine rings is 1. The van der Waals surface area contributed by atoms with Crippen LogP contribution in [0, 0.1) is 6.92 Å². The smallest absolute Gasteiger partial charge is 0.277 e. The first-order valence-electron chi connectivity index (χ1n) is 10.3. The minimum absolute atomic E-state index is 0.0408. The minimum Gasteiger partial charge on any atom is -0.353 e. The molecule has 9 heteroatoms. The Bertz CT molecular complexity index is 1370. The number of anilines is 1. The van der Waals surface area contributed by atoms with Crippen molar-refractivity contribution in [3.05, 3.63) is 81.1 Å². The third-order valence-electron chi connectivity index (χ3n) is 5.46. The molecule has 1 aliphatic heterocycles. The van der Waals surface area contributed by atoms with Crippen LogP contribution in [-0.2, 0) is 0 Å². The predicted molar refractivity (Wildman–Crippen MR) is 127 cm³/mol. The average molecular weight is 466 g/mol. The van der Waals surface area contributed by atoms with Gasteiger partial charge in [0.15, 0.2) is 0 Å². The number of fused-ring (bicyclic) bond motifs is 1. The molecule has 1 fully saturated rings. The van der Waals surface area contributed by atoms with Gasteiger partial charge in [0, 0.05) is 48.4 Å². The van der Waals surface area contributed by atoms with Gasteiger partial charge in [0.25, 0.3) is 11.5 Å². The van der Waals surface area contributed by atoms with Gasteiger partial charge < -0.3 is 9.80 Å². The summed E-state index contributed by atoms with van der Waals surface area (Å²) < 4.78 is 1.35. The number of hydrogen-bond acceptors (Lipinski definition) is 6. The van der Waals surface area contributed by atoms with Crippen molar-refractivity contribution in [3.8, 4) is 10.6 Å². The van der Waals surface area contributed by atoms with Crippen molar-refractivity contribution in [2.45, 2.75) is 6.92 Å². The van der Waals surface area contributed by atoms with Gasteiger partial charge in [-0.1, -0.05) is 52.8 Å². The summed E-state index contributed by atoms with van der Waals surface area (Å²) in [6.07, 6.45) is 0. The third-order valence-corrected chi connectivity index (χ3v) is 6.65. The van der Waals surface area contributed by atoms with Crippen LogP contribution in [0.25, 0.3) is 15.5 Å². The van der Waals surface area contributed by atoms with Gasteiger partial charge in [0.1, 0.15) is 10.8 Å². The van der Waals surface area contributed by atoms with E-state index in [0.29, 0.717) is 47.5 Å². The Morgan fingerprint density at radius 1 is 1.03 bits per heavy atom. The summed E-state index contributed by atoms with van der Waals surface area (Å²) in [5.41, 5.74) is 2.47. The molecule has 0 saturated carbocycles. The maximum Gasteiger partial charge on any atom is 0.277 e. The Balaban J connectivity index is 1.35. The summed E-state index contributed by atoms with van der Waals surface area (Å²) in [7, 11) is 0. The van der Waals surface area contributed by atoms with Gasteiger partial charge in [-0.2, -0.15) is 9.61 Å². The number of amides is 1. The second-order valence-electron chi connectivity index (χ2n) is 7.71. The molecule has 162 valence electrons. The van der Waals surface area contributed by atoms with E-state index in [1.54, 1.807) is 29.2 Å². The van der Waals surface area contributed by atoms with Crippen LogP contribution in [0.15, 0.2) is 59.4 Å². The number of nitrogens with zero attached hydrogens (tertiary/aromatic N) is 5. The molecule has 2 aromatic heterocycles. The molecule has 4 aromatic rings. The van der Waals surface area contributed by atoms with Crippen molar-refractivity contribution < 1.29 is 4.79 Å². The van der Waals surface area contributed by atoms with Crippen molar-refractivity contribution in [1.29, 1.82) is 0 Å². The first kappa shape index (κ1) is 20.7. The molecular formula is C23H20ClN5O2S. The fourth-order valence-electron chi connectivity index (χ4n) is 3.80.